The molecule has 0 aliphatic rings. The third-order valence-corrected chi connectivity index (χ3v) is 8.53. The predicted octanol–water partition coefficient (Wildman–Crippen LogP) is 7.56. The van der Waals surface area contributed by atoms with Gasteiger partial charge in [-0.1, -0.05) is 24.3 Å². The van der Waals surface area contributed by atoms with E-state index >= 15 is 0 Å². The molecule has 0 atom stereocenters. The smallest absolute Gasteiger partial charge is 0.336 e. The maximum Gasteiger partial charge on any atom is 0.336 e. The van der Waals surface area contributed by atoms with Gasteiger partial charge in [-0.05, 0) is 83.9 Å². The number of aromatic carboxylic acids is 2. The third kappa shape index (κ3) is 10.6. The zero-order valence-electron chi connectivity index (χ0n) is 32.2. The number of carboxylic acids is 2. The van der Waals surface area contributed by atoms with Crippen LogP contribution in [0.4, 0.5) is 8.78 Å². The van der Waals surface area contributed by atoms with Gasteiger partial charge in [0.2, 0.25) is 0 Å². The lowest BCUT2D eigenvalue weighted by Gasteiger charge is -2.14. The van der Waals surface area contributed by atoms with Crippen molar-refractivity contribution in [3.63, 3.8) is 0 Å². The number of benzene rings is 4. The molecule has 0 fully saturated rings. The summed E-state index contributed by atoms with van der Waals surface area (Å²) in [5.41, 5.74) is 6.17. The van der Waals surface area contributed by atoms with Crippen molar-refractivity contribution in [3.8, 4) is 45.0 Å². The van der Waals surface area contributed by atoms with Crippen molar-refractivity contribution in [3.05, 3.63) is 131 Å². The van der Waals surface area contributed by atoms with E-state index in [2.05, 4.69) is 10.2 Å². The van der Waals surface area contributed by atoms with Gasteiger partial charge in [0.1, 0.15) is 38.7 Å². The van der Waals surface area contributed by atoms with Gasteiger partial charge in [-0.15, -0.1) is 0 Å². The van der Waals surface area contributed by atoms with Crippen molar-refractivity contribution in [2.45, 2.75) is 26.7 Å². The second kappa shape index (κ2) is 20.9. The van der Waals surface area contributed by atoms with Crippen LogP contribution in [0.1, 0.15) is 31.8 Å². The van der Waals surface area contributed by atoms with Crippen molar-refractivity contribution in [1.82, 2.24) is 19.6 Å². The lowest BCUT2D eigenvalue weighted by molar-refractivity contribution is -0.0390. The number of aromatic nitrogens is 4. The number of ether oxygens (including phenoxy) is 6. The Balaban J connectivity index is 0.000000221. The SMILES string of the molecule is COCOCc1cccc(C(=O)O)c1-c1cc(-c2ccc(F)cc2)n(COC)n1.COCOCc1cccc(C(=O)O)c1-c1cc(-c2ccc(F)cc2)nn1COC. The van der Waals surface area contributed by atoms with Crippen LogP contribution in [0.15, 0.2) is 97.1 Å². The van der Waals surface area contributed by atoms with Crippen LogP contribution < -0.4 is 0 Å². The Bertz CT molecular complexity index is 2290. The summed E-state index contributed by atoms with van der Waals surface area (Å²) >= 11 is 0. The van der Waals surface area contributed by atoms with Gasteiger partial charge in [0.15, 0.2) is 0 Å². The highest BCUT2D eigenvalue weighted by Gasteiger charge is 2.23. The van der Waals surface area contributed by atoms with Crippen LogP contribution in [-0.2, 0) is 55.1 Å². The molecule has 14 nitrogen and oxygen atoms in total. The van der Waals surface area contributed by atoms with E-state index in [0.717, 1.165) is 5.56 Å². The minimum atomic E-state index is -1.07. The second-order valence-electron chi connectivity index (χ2n) is 12.5. The molecule has 2 aromatic heterocycles. The van der Waals surface area contributed by atoms with E-state index in [1.54, 1.807) is 70.0 Å². The normalized spacial score (nSPS) is 11.0. The molecule has 2 N–H and O–H groups in total. The highest BCUT2D eigenvalue weighted by atomic mass is 19.1. The van der Waals surface area contributed by atoms with E-state index in [1.807, 2.05) is 0 Å². The molecule has 0 saturated heterocycles. The lowest BCUT2D eigenvalue weighted by Crippen LogP contribution is -2.10. The molecule has 0 saturated carbocycles. The Hall–Kier alpha value is -6.14. The number of nitrogens with zero attached hydrogens (tertiary/aromatic N) is 4. The Kier molecular flexibility index (Phi) is 15.5. The maximum atomic E-state index is 13.3. The van der Waals surface area contributed by atoms with Gasteiger partial charge in [0, 0.05) is 50.7 Å². The fraction of sp³-hybridized carbons (Fsp3) is 0.238. The monoisotopic (exact) mass is 800 g/mol. The van der Waals surface area contributed by atoms with Crippen LogP contribution in [0.3, 0.4) is 0 Å². The van der Waals surface area contributed by atoms with Crippen molar-refractivity contribution < 1.29 is 57.0 Å². The molecule has 0 bridgehead atoms. The molecule has 0 aliphatic carbocycles. The highest BCUT2D eigenvalue weighted by Crippen LogP contribution is 2.34. The van der Waals surface area contributed by atoms with E-state index in [0.29, 0.717) is 50.6 Å². The molecule has 2 heterocycles. The largest absolute Gasteiger partial charge is 0.478 e. The summed E-state index contributed by atoms with van der Waals surface area (Å²) in [4.78, 5) is 23.7. The minimum Gasteiger partial charge on any atom is -0.478 e. The first-order valence-electron chi connectivity index (χ1n) is 17.6. The van der Waals surface area contributed by atoms with E-state index in [9.17, 15) is 28.6 Å². The summed E-state index contributed by atoms with van der Waals surface area (Å²) in [7, 11) is 6.08. The molecule has 6 aromatic rings. The van der Waals surface area contributed by atoms with E-state index < -0.39 is 11.9 Å². The van der Waals surface area contributed by atoms with E-state index in [-0.39, 0.29) is 63.0 Å². The molecule has 4 aromatic carbocycles. The molecular formula is C42H42F2N4O10. The van der Waals surface area contributed by atoms with Crippen LogP contribution in [0.2, 0.25) is 0 Å². The molecular weight excluding hydrogens is 758 g/mol. The van der Waals surface area contributed by atoms with Crippen LogP contribution in [0, 0.1) is 11.6 Å². The van der Waals surface area contributed by atoms with Crippen molar-refractivity contribution >= 4 is 11.9 Å². The molecule has 0 spiro atoms. The molecule has 6 rings (SSSR count). The second-order valence-corrected chi connectivity index (χ2v) is 12.5. The van der Waals surface area contributed by atoms with Crippen molar-refractivity contribution in [1.29, 1.82) is 0 Å². The number of halogens is 2. The van der Waals surface area contributed by atoms with Gasteiger partial charge in [0.05, 0.1) is 47.1 Å². The molecule has 0 radical (unpaired) electrons. The number of hydrogen-bond donors (Lipinski definition) is 2. The number of methoxy groups -OCH3 is 4. The van der Waals surface area contributed by atoms with E-state index in [1.165, 1.54) is 64.8 Å². The molecule has 304 valence electrons. The number of carbonyl (C=O) groups is 2. The van der Waals surface area contributed by atoms with Crippen LogP contribution in [-0.4, -0.2) is 83.7 Å². The Morgan fingerprint density at radius 2 is 1.02 bits per heavy atom. The Labute approximate surface area is 332 Å². The van der Waals surface area contributed by atoms with Crippen molar-refractivity contribution in [2.75, 3.05) is 42.0 Å². The zero-order chi connectivity index (χ0) is 41.6. The number of carboxylic acid groups (broad SMARTS) is 2. The molecule has 0 aliphatic heterocycles. The van der Waals surface area contributed by atoms with Crippen LogP contribution in [0.25, 0.3) is 45.0 Å². The fourth-order valence-electron chi connectivity index (χ4n) is 6.09. The summed E-state index contributed by atoms with van der Waals surface area (Å²) in [5.74, 6) is -2.83. The average molecular weight is 801 g/mol. The van der Waals surface area contributed by atoms with Gasteiger partial charge in [0.25, 0.3) is 0 Å². The first-order chi connectivity index (χ1) is 28.1. The average Bonchev–Trinajstić information content (AvgIpc) is 3.83. The van der Waals surface area contributed by atoms with Crippen LogP contribution >= 0.6 is 0 Å². The highest BCUT2D eigenvalue weighted by molar-refractivity contribution is 5.97. The molecule has 0 amide bonds. The summed E-state index contributed by atoms with van der Waals surface area (Å²) < 4.78 is 60.9. The number of hydrogen-bond acceptors (Lipinski definition) is 10. The first-order valence-corrected chi connectivity index (χ1v) is 17.6. The minimum absolute atomic E-state index is 0.0783. The predicted molar refractivity (Wildman–Crippen MR) is 207 cm³/mol. The van der Waals surface area contributed by atoms with E-state index in [4.69, 9.17) is 28.4 Å². The summed E-state index contributed by atoms with van der Waals surface area (Å²) in [6.07, 6.45) is 0. The van der Waals surface area contributed by atoms with Crippen LogP contribution in [0.5, 0.6) is 0 Å². The summed E-state index contributed by atoms with van der Waals surface area (Å²) in [5, 5.41) is 28.5. The molecule has 0 unspecified atom stereocenters. The van der Waals surface area contributed by atoms with Gasteiger partial charge < -0.3 is 38.6 Å². The van der Waals surface area contributed by atoms with Gasteiger partial charge in [-0.2, -0.15) is 10.2 Å². The first kappa shape index (κ1) is 43.0. The number of rotatable bonds is 18. The summed E-state index contributed by atoms with van der Waals surface area (Å²) in [6, 6.07) is 25.4. The van der Waals surface area contributed by atoms with Gasteiger partial charge in [-0.3, -0.25) is 0 Å². The summed E-state index contributed by atoms with van der Waals surface area (Å²) in [6.45, 7) is 0.743. The standard InChI is InChI=1S/2C21H21FN2O5/c1-27-12-24-19(14-6-8-16(22)9-7-14)10-18(23-24)20-15(11-29-13-28-2)4-3-5-17(20)21(25)26;1-27-12-24-19(10-18(23-24)14-6-8-16(22)9-7-14)20-15(11-29-13-28-2)4-3-5-17(20)21(25)26/h2*3-10H,11-13H2,1-2H3,(H,25,26). The quantitative estimate of drug-likeness (QED) is 0.0649. The third-order valence-electron chi connectivity index (χ3n) is 8.53. The lowest BCUT2D eigenvalue weighted by atomic mass is 9.97. The fourth-order valence-corrected chi connectivity index (χ4v) is 6.09. The van der Waals surface area contributed by atoms with Crippen molar-refractivity contribution in [2.24, 2.45) is 0 Å². The topological polar surface area (TPSA) is 166 Å². The van der Waals surface area contributed by atoms with Gasteiger partial charge >= 0.3 is 11.9 Å². The zero-order valence-corrected chi connectivity index (χ0v) is 32.2. The Morgan fingerprint density at radius 3 is 1.52 bits per heavy atom. The van der Waals surface area contributed by atoms with Gasteiger partial charge in [-0.25, -0.2) is 27.7 Å². The maximum absolute atomic E-state index is 13.3. The Morgan fingerprint density at radius 1 is 0.569 bits per heavy atom. The molecule has 58 heavy (non-hydrogen) atoms. The molecule has 16 heteroatoms.